The zero-order valence-corrected chi connectivity index (χ0v) is 22.4. The molecule has 0 saturated carbocycles. The van der Waals surface area contributed by atoms with Crippen LogP contribution in [0.2, 0.25) is 0 Å². The number of carbonyl (C=O) groups excluding carboxylic acids is 2. The molecule has 2 aromatic rings. The van der Waals surface area contributed by atoms with Crippen molar-refractivity contribution in [1.29, 1.82) is 0 Å². The van der Waals surface area contributed by atoms with E-state index in [1.54, 1.807) is 19.9 Å². The third-order valence-electron chi connectivity index (χ3n) is 6.00. The smallest absolute Gasteiger partial charge is 0.339 e. The number of carbonyl (C=O) groups is 2. The van der Waals surface area contributed by atoms with Gasteiger partial charge in [-0.15, -0.1) is 0 Å². The fraction of sp³-hybridized carbons (Fsp3) is 0.417. The van der Waals surface area contributed by atoms with E-state index < -0.39 is 53.3 Å². The fourth-order valence-corrected chi connectivity index (χ4v) is 6.33. The number of hydrogen-bond acceptors (Lipinski definition) is 8. The van der Waals surface area contributed by atoms with Crippen LogP contribution in [0.3, 0.4) is 0 Å². The third-order valence-corrected chi connectivity index (χ3v) is 7.79. The first-order chi connectivity index (χ1) is 16.5. The number of rotatable bonds is 9. The summed E-state index contributed by atoms with van der Waals surface area (Å²) >= 11 is 0. The Labute approximate surface area is 211 Å². The van der Waals surface area contributed by atoms with E-state index in [1.165, 1.54) is 18.2 Å². The normalized spacial score (nSPS) is 13.4. The van der Waals surface area contributed by atoms with Crippen LogP contribution in [-0.2, 0) is 36.1 Å². The molecule has 1 atom stereocenters. The van der Waals surface area contributed by atoms with Gasteiger partial charge in [-0.1, -0.05) is 52.0 Å². The lowest BCUT2D eigenvalue weighted by atomic mass is 9.65. The molecule has 2 aromatic carbocycles. The monoisotopic (exact) mass is 542 g/mol. The highest BCUT2D eigenvalue weighted by molar-refractivity contribution is 7.86. The van der Waals surface area contributed by atoms with Crippen LogP contribution in [0.1, 0.15) is 65.5 Å². The summed E-state index contributed by atoms with van der Waals surface area (Å²) in [5.74, 6) is -2.67. The van der Waals surface area contributed by atoms with E-state index in [4.69, 9.17) is 9.47 Å². The first kappa shape index (κ1) is 29.4. The van der Waals surface area contributed by atoms with Gasteiger partial charge in [-0.05, 0) is 46.9 Å². The van der Waals surface area contributed by atoms with Crippen LogP contribution in [0.5, 0.6) is 0 Å². The van der Waals surface area contributed by atoms with Gasteiger partial charge in [0.05, 0.1) is 25.3 Å². The highest BCUT2D eigenvalue weighted by Gasteiger charge is 2.39. The van der Waals surface area contributed by atoms with E-state index >= 15 is 0 Å². The van der Waals surface area contributed by atoms with E-state index in [0.29, 0.717) is 5.56 Å². The molecule has 1 unspecified atom stereocenters. The van der Waals surface area contributed by atoms with Crippen LogP contribution < -0.4 is 0 Å². The molecule has 0 saturated heterocycles. The third kappa shape index (κ3) is 6.12. The molecule has 0 heterocycles. The molecule has 0 aliphatic heterocycles. The van der Waals surface area contributed by atoms with Crippen molar-refractivity contribution in [3.63, 3.8) is 0 Å². The number of esters is 2. The van der Waals surface area contributed by atoms with Crippen molar-refractivity contribution in [3.8, 4) is 0 Å². The van der Waals surface area contributed by atoms with Crippen LogP contribution in [0.25, 0.3) is 0 Å². The summed E-state index contributed by atoms with van der Waals surface area (Å²) in [6.45, 7) is 7.31. The molecule has 0 bridgehead atoms. The predicted octanol–water partition coefficient (Wildman–Crippen LogP) is 3.76. The number of benzene rings is 2. The summed E-state index contributed by atoms with van der Waals surface area (Å²) in [7, 11) is -7.36. The van der Waals surface area contributed by atoms with Gasteiger partial charge in [0, 0.05) is 0 Å². The quantitative estimate of drug-likeness (QED) is 0.352. The highest BCUT2D eigenvalue weighted by Crippen LogP contribution is 2.46. The second-order valence-electron chi connectivity index (χ2n) is 9.33. The van der Waals surface area contributed by atoms with Crippen LogP contribution in [-0.4, -0.2) is 52.1 Å². The van der Waals surface area contributed by atoms with Gasteiger partial charge in [-0.3, -0.25) is 9.11 Å². The molecule has 36 heavy (non-hydrogen) atoms. The minimum absolute atomic E-state index is 0.0698. The maximum absolute atomic E-state index is 12.7. The fourth-order valence-electron chi connectivity index (χ4n) is 4.90. The standard InChI is InChI=1S/C24H30O10S2/c1-14(2)21(16-10-8-12-18(36(30,31)32)20(16)23(26)34-6)24(3,4)13-15-9-7-11-17(35(27,28)29)19(15)22(25)33-5/h7-12,14,21H,13H2,1-6H3,(H,27,28,29)(H,30,31,32). The molecule has 0 spiro atoms. The second-order valence-corrected chi connectivity index (χ2v) is 12.1. The lowest BCUT2D eigenvalue weighted by Gasteiger charge is -2.39. The Morgan fingerprint density at radius 3 is 1.72 bits per heavy atom. The Balaban J connectivity index is 2.82. The Morgan fingerprint density at radius 1 is 0.833 bits per heavy atom. The van der Waals surface area contributed by atoms with Crippen LogP contribution in [0.4, 0.5) is 0 Å². The van der Waals surface area contributed by atoms with E-state index in [9.17, 15) is 35.5 Å². The first-order valence-corrected chi connectivity index (χ1v) is 13.7. The lowest BCUT2D eigenvalue weighted by molar-refractivity contribution is 0.0586. The van der Waals surface area contributed by atoms with Crippen molar-refractivity contribution < 1.29 is 45.0 Å². The van der Waals surface area contributed by atoms with Gasteiger partial charge in [-0.25, -0.2) is 9.59 Å². The minimum atomic E-state index is -4.77. The Morgan fingerprint density at radius 2 is 1.28 bits per heavy atom. The molecular weight excluding hydrogens is 512 g/mol. The van der Waals surface area contributed by atoms with Crippen LogP contribution >= 0.6 is 0 Å². The molecule has 10 nitrogen and oxygen atoms in total. The summed E-state index contributed by atoms with van der Waals surface area (Å²) in [4.78, 5) is 24.0. The molecule has 2 N–H and O–H groups in total. The predicted molar refractivity (Wildman–Crippen MR) is 130 cm³/mol. The lowest BCUT2D eigenvalue weighted by Crippen LogP contribution is -2.31. The van der Waals surface area contributed by atoms with E-state index in [0.717, 1.165) is 26.4 Å². The second kappa shape index (κ2) is 10.7. The molecule has 0 aliphatic rings. The molecule has 2 rings (SSSR count). The molecule has 0 amide bonds. The SMILES string of the molecule is COC(=O)c1c(CC(C)(C)C(c2cccc(S(=O)(=O)O)c2C(=O)OC)C(C)C)cccc1S(=O)(=O)O. The Bertz CT molecular complexity index is 1370. The van der Waals surface area contributed by atoms with E-state index in [2.05, 4.69) is 0 Å². The highest BCUT2D eigenvalue weighted by atomic mass is 32.2. The van der Waals surface area contributed by atoms with E-state index in [-0.39, 0.29) is 29.0 Å². The average Bonchev–Trinajstić information content (AvgIpc) is 2.75. The van der Waals surface area contributed by atoms with Crippen molar-refractivity contribution in [2.75, 3.05) is 14.2 Å². The van der Waals surface area contributed by atoms with Crippen molar-refractivity contribution in [1.82, 2.24) is 0 Å². The molecule has 0 fully saturated rings. The van der Waals surface area contributed by atoms with Gasteiger partial charge >= 0.3 is 11.9 Å². The molecule has 0 radical (unpaired) electrons. The van der Waals surface area contributed by atoms with Gasteiger partial charge in [0.2, 0.25) is 0 Å². The first-order valence-electron chi connectivity index (χ1n) is 10.8. The van der Waals surface area contributed by atoms with Gasteiger partial charge < -0.3 is 9.47 Å². The minimum Gasteiger partial charge on any atom is -0.465 e. The number of hydrogen-bond donors (Lipinski definition) is 2. The maximum atomic E-state index is 12.7. The number of methoxy groups -OCH3 is 2. The average molecular weight is 543 g/mol. The molecule has 198 valence electrons. The molecule has 0 aromatic heterocycles. The summed E-state index contributed by atoms with van der Waals surface area (Å²) in [5, 5.41) is 0. The van der Waals surface area contributed by atoms with Gasteiger partial charge in [0.25, 0.3) is 20.2 Å². The van der Waals surface area contributed by atoms with Gasteiger partial charge in [-0.2, -0.15) is 16.8 Å². The summed E-state index contributed by atoms with van der Waals surface area (Å²) < 4.78 is 77.1. The zero-order chi connectivity index (χ0) is 27.6. The van der Waals surface area contributed by atoms with Gasteiger partial charge in [0.1, 0.15) is 9.79 Å². The van der Waals surface area contributed by atoms with Crippen molar-refractivity contribution in [2.24, 2.45) is 11.3 Å². The van der Waals surface area contributed by atoms with Crippen molar-refractivity contribution >= 4 is 32.2 Å². The summed E-state index contributed by atoms with van der Waals surface area (Å²) in [5.41, 5.74) is -0.914. The largest absolute Gasteiger partial charge is 0.465 e. The topological polar surface area (TPSA) is 161 Å². The Hall–Kier alpha value is -2.80. The van der Waals surface area contributed by atoms with E-state index in [1.807, 2.05) is 13.8 Å². The van der Waals surface area contributed by atoms with Crippen LogP contribution in [0, 0.1) is 11.3 Å². The zero-order valence-electron chi connectivity index (χ0n) is 20.8. The molecule has 0 aliphatic carbocycles. The number of ether oxygens (including phenoxy) is 2. The maximum Gasteiger partial charge on any atom is 0.339 e. The van der Waals surface area contributed by atoms with Gasteiger partial charge in [0.15, 0.2) is 0 Å². The Kier molecular flexibility index (Phi) is 8.72. The molecular formula is C24H30O10S2. The molecule has 12 heteroatoms. The summed E-state index contributed by atoms with van der Waals surface area (Å²) in [6.07, 6.45) is 0.0698. The van der Waals surface area contributed by atoms with Crippen molar-refractivity contribution in [2.45, 2.75) is 49.8 Å². The van der Waals surface area contributed by atoms with Crippen LogP contribution in [0.15, 0.2) is 46.2 Å². The van der Waals surface area contributed by atoms with Crippen molar-refractivity contribution in [3.05, 3.63) is 58.7 Å². The summed E-state index contributed by atoms with van der Waals surface area (Å²) in [6, 6.07) is 8.04.